The number of ketones is 1. The summed E-state index contributed by atoms with van der Waals surface area (Å²) >= 11 is 0. The zero-order chi connectivity index (χ0) is 24.9. The number of carbonyl (C=O) groups is 1. The zero-order valence-corrected chi connectivity index (χ0v) is 16.3. The molecule has 0 spiro atoms. The van der Waals surface area contributed by atoms with Gasteiger partial charge in [0.05, 0.1) is 17.5 Å². The van der Waals surface area contributed by atoms with Crippen LogP contribution in [-0.2, 0) is 4.79 Å². The quantitative estimate of drug-likeness (QED) is 0.313. The predicted octanol–water partition coefficient (Wildman–Crippen LogP) is 6.32. The number of anilines is 1. The molecule has 0 heterocycles. The van der Waals surface area contributed by atoms with Crippen LogP contribution in [0.15, 0.2) is 23.8 Å². The van der Waals surface area contributed by atoms with E-state index in [1.54, 1.807) is 5.32 Å². The number of carbonyl (C=O) groups excluding carboxylic acids is 1. The summed E-state index contributed by atoms with van der Waals surface area (Å²) in [6, 6.07) is -2.45. The molecule has 1 N–H and O–H groups in total. The molecule has 0 radical (unpaired) electrons. The molecule has 0 amide bonds. The van der Waals surface area contributed by atoms with E-state index in [-0.39, 0.29) is 5.57 Å². The van der Waals surface area contributed by atoms with Gasteiger partial charge in [-0.05, 0) is 25.0 Å². The van der Waals surface area contributed by atoms with E-state index in [0.717, 1.165) is 6.08 Å². The first-order valence-electron chi connectivity index (χ1n) is 8.99. The molecular weight excluding hydrogens is 472 g/mol. The van der Waals surface area contributed by atoms with Crippen LogP contribution in [-0.4, -0.2) is 5.78 Å². The fraction of sp³-hybridized carbons (Fsp3) is 0.190. The Morgan fingerprint density at radius 3 is 1.61 bits per heavy atom. The SMILES string of the molecule is C=C1C[C@H]([C@H](Nc2c(F)c(F)c(F)c(F)c2F)c2c(F)c(F)c(F)c(F)c2F)C(=O)C=C1C. The normalized spacial score (nSPS) is 17.3. The second-order valence-corrected chi connectivity index (χ2v) is 7.19. The van der Waals surface area contributed by atoms with Gasteiger partial charge in [0.15, 0.2) is 52.3 Å². The molecule has 1 aliphatic carbocycles. The van der Waals surface area contributed by atoms with Crippen molar-refractivity contribution >= 4 is 11.5 Å². The van der Waals surface area contributed by atoms with E-state index in [4.69, 9.17) is 0 Å². The summed E-state index contributed by atoms with van der Waals surface area (Å²) in [5.41, 5.74) is -3.10. The first kappa shape index (κ1) is 24.3. The summed E-state index contributed by atoms with van der Waals surface area (Å²) in [6.45, 7) is 4.99. The Kier molecular flexibility index (Phi) is 6.31. The van der Waals surface area contributed by atoms with E-state index in [1.807, 2.05) is 0 Å². The van der Waals surface area contributed by atoms with Gasteiger partial charge in [-0.2, -0.15) is 0 Å². The minimum atomic E-state index is -2.56. The van der Waals surface area contributed by atoms with Crippen LogP contribution in [0.2, 0.25) is 0 Å². The molecule has 12 heteroatoms. The monoisotopic (exact) mass is 483 g/mol. The maximum atomic E-state index is 14.5. The Hall–Kier alpha value is -3.31. The van der Waals surface area contributed by atoms with Crippen molar-refractivity contribution in [2.24, 2.45) is 5.92 Å². The highest BCUT2D eigenvalue weighted by molar-refractivity contribution is 5.95. The highest BCUT2D eigenvalue weighted by Crippen LogP contribution is 2.41. The van der Waals surface area contributed by atoms with Crippen molar-refractivity contribution in [2.45, 2.75) is 19.4 Å². The third kappa shape index (κ3) is 3.87. The molecule has 0 aromatic heterocycles. The lowest BCUT2D eigenvalue weighted by atomic mass is 9.78. The largest absolute Gasteiger partial charge is 0.372 e. The van der Waals surface area contributed by atoms with E-state index in [2.05, 4.69) is 6.58 Å². The topological polar surface area (TPSA) is 29.1 Å². The summed E-state index contributed by atoms with van der Waals surface area (Å²) in [7, 11) is 0. The molecule has 33 heavy (non-hydrogen) atoms. The molecule has 2 nitrogen and oxygen atoms in total. The molecule has 0 unspecified atom stereocenters. The van der Waals surface area contributed by atoms with E-state index >= 15 is 0 Å². The van der Waals surface area contributed by atoms with Gasteiger partial charge in [0, 0.05) is 0 Å². The van der Waals surface area contributed by atoms with Crippen LogP contribution >= 0.6 is 0 Å². The van der Waals surface area contributed by atoms with Crippen molar-refractivity contribution in [1.29, 1.82) is 0 Å². The average Bonchev–Trinajstić information content (AvgIpc) is 2.78. The molecule has 2 aromatic rings. The Morgan fingerprint density at radius 2 is 1.15 bits per heavy atom. The highest BCUT2D eigenvalue weighted by atomic mass is 19.2. The number of allylic oxidation sites excluding steroid dienone is 3. The van der Waals surface area contributed by atoms with Crippen LogP contribution in [0.3, 0.4) is 0 Å². The Balaban J connectivity index is 2.31. The number of rotatable bonds is 4. The molecule has 2 atom stereocenters. The van der Waals surface area contributed by atoms with Crippen molar-refractivity contribution < 1.29 is 48.7 Å². The lowest BCUT2D eigenvalue weighted by Crippen LogP contribution is -2.32. The average molecular weight is 483 g/mol. The van der Waals surface area contributed by atoms with Crippen LogP contribution in [0.4, 0.5) is 49.6 Å². The third-order valence-electron chi connectivity index (χ3n) is 5.21. The molecule has 0 bridgehead atoms. The molecule has 0 saturated carbocycles. The van der Waals surface area contributed by atoms with E-state index < -0.39 is 93.6 Å². The van der Waals surface area contributed by atoms with E-state index in [9.17, 15) is 48.7 Å². The summed E-state index contributed by atoms with van der Waals surface area (Å²) in [5, 5.41) is 1.61. The molecule has 0 saturated heterocycles. The lowest BCUT2D eigenvalue weighted by molar-refractivity contribution is -0.119. The first-order valence-corrected chi connectivity index (χ1v) is 8.99. The second kappa shape index (κ2) is 8.56. The van der Waals surface area contributed by atoms with Gasteiger partial charge in [-0.25, -0.2) is 43.9 Å². The highest BCUT2D eigenvalue weighted by Gasteiger charge is 2.40. The molecular formula is C21H11F10NO. The molecule has 2 aromatic carbocycles. The summed E-state index contributed by atoms with van der Waals surface area (Å²) in [5.74, 6) is -27.5. The summed E-state index contributed by atoms with van der Waals surface area (Å²) in [6.07, 6.45) is 0.406. The van der Waals surface area contributed by atoms with Gasteiger partial charge in [0.2, 0.25) is 11.6 Å². The second-order valence-electron chi connectivity index (χ2n) is 7.19. The van der Waals surface area contributed by atoms with Gasteiger partial charge in [0.25, 0.3) is 0 Å². The minimum Gasteiger partial charge on any atom is -0.372 e. The Morgan fingerprint density at radius 1 is 0.758 bits per heavy atom. The third-order valence-corrected chi connectivity index (χ3v) is 5.21. The number of nitrogens with one attached hydrogen (secondary N) is 1. The summed E-state index contributed by atoms with van der Waals surface area (Å²) < 4.78 is 139. The Labute approximate surface area is 179 Å². The number of hydrogen-bond donors (Lipinski definition) is 1. The van der Waals surface area contributed by atoms with Gasteiger partial charge in [-0.15, -0.1) is 0 Å². The first-order chi connectivity index (χ1) is 15.3. The van der Waals surface area contributed by atoms with Crippen molar-refractivity contribution in [2.75, 3.05) is 5.32 Å². The van der Waals surface area contributed by atoms with Crippen molar-refractivity contribution in [3.63, 3.8) is 0 Å². The smallest absolute Gasteiger partial charge is 0.200 e. The van der Waals surface area contributed by atoms with Crippen LogP contribution in [0.5, 0.6) is 0 Å². The van der Waals surface area contributed by atoms with Crippen LogP contribution < -0.4 is 5.32 Å². The van der Waals surface area contributed by atoms with Crippen molar-refractivity contribution in [1.82, 2.24) is 0 Å². The molecule has 0 aliphatic heterocycles. The molecule has 3 rings (SSSR count). The number of benzene rings is 2. The standard InChI is InChI=1S/C21H11F10NO/c1-5-3-7(8(33)4-6(5)2)20(9-10(22)12(24)14(26)13(25)11(9)23)32-21-18(30)16(28)15(27)17(29)19(21)31/h4,7,20,32H,1,3H2,2H3/t7-,20-/m0/s1. The Bertz CT molecular complexity index is 1180. The molecule has 1 aliphatic rings. The van der Waals surface area contributed by atoms with Gasteiger partial charge in [-0.1, -0.05) is 12.2 Å². The van der Waals surface area contributed by atoms with Gasteiger partial charge in [-0.3, -0.25) is 4.79 Å². The maximum absolute atomic E-state index is 14.5. The van der Waals surface area contributed by atoms with Crippen LogP contribution in [0, 0.1) is 64.1 Å². The van der Waals surface area contributed by atoms with E-state index in [0.29, 0.717) is 5.57 Å². The van der Waals surface area contributed by atoms with Crippen LogP contribution in [0.1, 0.15) is 24.9 Å². The van der Waals surface area contributed by atoms with E-state index in [1.165, 1.54) is 6.92 Å². The van der Waals surface area contributed by atoms with Gasteiger partial charge < -0.3 is 5.32 Å². The van der Waals surface area contributed by atoms with Crippen molar-refractivity contribution in [3.05, 3.63) is 87.5 Å². The minimum absolute atomic E-state index is 0.160. The zero-order valence-electron chi connectivity index (χ0n) is 16.3. The summed E-state index contributed by atoms with van der Waals surface area (Å²) in [4.78, 5) is 12.5. The number of hydrogen-bond acceptors (Lipinski definition) is 2. The van der Waals surface area contributed by atoms with Gasteiger partial charge in [0.1, 0.15) is 5.69 Å². The van der Waals surface area contributed by atoms with Crippen molar-refractivity contribution in [3.8, 4) is 0 Å². The lowest BCUT2D eigenvalue weighted by Gasteiger charge is -2.31. The predicted molar refractivity (Wildman–Crippen MR) is 94.8 cm³/mol. The number of halogens is 10. The van der Waals surface area contributed by atoms with Crippen LogP contribution in [0.25, 0.3) is 0 Å². The fourth-order valence-corrected chi connectivity index (χ4v) is 3.39. The maximum Gasteiger partial charge on any atom is 0.200 e. The molecule has 176 valence electrons. The fourth-order valence-electron chi connectivity index (χ4n) is 3.39. The molecule has 0 fully saturated rings. The van der Waals surface area contributed by atoms with Gasteiger partial charge >= 0.3 is 0 Å².